The molecule has 3 aromatic rings. The third-order valence-corrected chi connectivity index (χ3v) is 8.52. The molecule has 0 aliphatic heterocycles. The predicted octanol–water partition coefficient (Wildman–Crippen LogP) is 7.41. The largest absolute Gasteiger partial charge is 0.450 e. The number of nitro groups is 1. The van der Waals surface area contributed by atoms with Crippen molar-refractivity contribution in [2.45, 2.75) is 18.9 Å². The first-order valence-corrected chi connectivity index (χ1v) is 15.6. The highest BCUT2D eigenvalue weighted by atomic mass is 79.9. The molecule has 4 rings (SSSR count). The third-order valence-electron chi connectivity index (χ3n) is 5.90. The summed E-state index contributed by atoms with van der Waals surface area (Å²) in [7, 11) is -3.42. The van der Waals surface area contributed by atoms with Crippen molar-refractivity contribution in [2.24, 2.45) is 0 Å². The van der Waals surface area contributed by atoms with E-state index < -0.39 is 30.3 Å². The number of rotatable bonds is 12. The van der Waals surface area contributed by atoms with E-state index in [1.165, 1.54) is 42.5 Å². The van der Waals surface area contributed by atoms with Crippen molar-refractivity contribution in [1.82, 2.24) is 10.2 Å². The van der Waals surface area contributed by atoms with Gasteiger partial charge in [-0.25, -0.2) is 19.0 Å². The Kier molecular flexibility index (Phi) is 9.67. The number of nitrogens with one attached hydrogen (secondary N) is 2. The minimum absolute atomic E-state index is 0.0100. The molecule has 0 fully saturated rings. The van der Waals surface area contributed by atoms with Gasteiger partial charge in [0.25, 0.3) is 0 Å². The number of benzene rings is 3. The molecule has 0 saturated carbocycles. The second-order valence-electron chi connectivity index (χ2n) is 8.37. The number of halogens is 4. The standard InChI is InChI=1S/C25H24Br2F2N3O5P/c26-11-13-30-38(35,31-14-12-27)37-24-10-8-21-20(24)7-9-23(32(33)34)25(21)36-18-5-6-19(22(29)15-18)16-1-3-17(28)4-2-16/h1-7,9,15,24H,8,10-14H2,(H2,30,31,35). The summed E-state index contributed by atoms with van der Waals surface area (Å²) in [5, 5.41) is 18.7. The molecule has 1 atom stereocenters. The highest BCUT2D eigenvalue weighted by Gasteiger charge is 2.36. The summed E-state index contributed by atoms with van der Waals surface area (Å²) in [6, 6.07) is 12.4. The quantitative estimate of drug-likeness (QED) is 0.0893. The van der Waals surface area contributed by atoms with Crippen molar-refractivity contribution in [1.29, 1.82) is 0 Å². The van der Waals surface area contributed by atoms with Gasteiger partial charge in [-0.15, -0.1) is 0 Å². The van der Waals surface area contributed by atoms with Gasteiger partial charge in [0, 0.05) is 47.0 Å². The van der Waals surface area contributed by atoms with Crippen LogP contribution in [0.5, 0.6) is 11.5 Å². The van der Waals surface area contributed by atoms with Gasteiger partial charge in [0.1, 0.15) is 17.4 Å². The van der Waals surface area contributed by atoms with Gasteiger partial charge in [-0.2, -0.15) is 0 Å². The van der Waals surface area contributed by atoms with E-state index in [1.54, 1.807) is 6.07 Å². The molecule has 0 amide bonds. The van der Waals surface area contributed by atoms with Gasteiger partial charge < -0.3 is 4.74 Å². The molecule has 13 heteroatoms. The van der Waals surface area contributed by atoms with Crippen LogP contribution < -0.4 is 14.9 Å². The number of fused-ring (bicyclic) bond motifs is 1. The lowest BCUT2D eigenvalue weighted by Gasteiger charge is -2.24. The first-order valence-electron chi connectivity index (χ1n) is 11.7. The smallest absolute Gasteiger partial charge is 0.341 e. The Hall–Kier alpha value is -2.21. The van der Waals surface area contributed by atoms with Crippen LogP contribution in [0.4, 0.5) is 14.5 Å². The van der Waals surface area contributed by atoms with Gasteiger partial charge in [-0.05, 0) is 54.3 Å². The van der Waals surface area contributed by atoms with Gasteiger partial charge in [0.15, 0.2) is 0 Å². The van der Waals surface area contributed by atoms with Gasteiger partial charge in [0.05, 0.1) is 11.0 Å². The van der Waals surface area contributed by atoms with Crippen LogP contribution in [0, 0.1) is 21.7 Å². The lowest BCUT2D eigenvalue weighted by Crippen LogP contribution is -2.27. The number of hydrogen-bond acceptors (Lipinski definition) is 5. The summed E-state index contributed by atoms with van der Waals surface area (Å²) in [6.07, 6.45) is 0.215. The second-order valence-corrected chi connectivity index (χ2v) is 11.9. The molecule has 1 aliphatic rings. The minimum Gasteiger partial charge on any atom is -0.450 e. The SMILES string of the molecule is O=[N+]([O-])c1ccc2c(c1Oc1ccc(-c3ccc(F)cc3)c(F)c1)CCC2OP(=O)(NCCBr)NCCBr. The first-order chi connectivity index (χ1) is 18.2. The molecular weight excluding hydrogens is 651 g/mol. The molecule has 3 aromatic carbocycles. The summed E-state index contributed by atoms with van der Waals surface area (Å²) in [5.74, 6) is -1.000. The molecule has 0 spiro atoms. The number of nitro benzene ring substituents is 1. The zero-order valence-corrected chi connectivity index (χ0v) is 24.0. The number of nitrogens with zero attached hydrogens (tertiary/aromatic N) is 1. The Morgan fingerprint density at radius 2 is 1.71 bits per heavy atom. The highest BCUT2D eigenvalue weighted by molar-refractivity contribution is 9.09. The lowest BCUT2D eigenvalue weighted by atomic mass is 10.0. The van der Waals surface area contributed by atoms with Crippen LogP contribution >= 0.6 is 39.5 Å². The minimum atomic E-state index is -3.42. The maximum atomic E-state index is 14.9. The van der Waals surface area contributed by atoms with Crippen LogP contribution in [0.25, 0.3) is 11.1 Å². The van der Waals surface area contributed by atoms with E-state index in [4.69, 9.17) is 9.26 Å². The van der Waals surface area contributed by atoms with Gasteiger partial charge in [0.2, 0.25) is 5.75 Å². The van der Waals surface area contributed by atoms with Crippen LogP contribution in [-0.4, -0.2) is 28.7 Å². The van der Waals surface area contributed by atoms with Crippen molar-refractivity contribution in [3.63, 3.8) is 0 Å². The average Bonchev–Trinajstić information content (AvgIpc) is 3.30. The van der Waals surface area contributed by atoms with Crippen LogP contribution in [-0.2, 0) is 15.5 Å². The van der Waals surface area contributed by atoms with Crippen LogP contribution in [0.1, 0.15) is 23.7 Å². The molecule has 38 heavy (non-hydrogen) atoms. The molecule has 202 valence electrons. The first kappa shape index (κ1) is 28.8. The maximum Gasteiger partial charge on any atom is 0.341 e. The fourth-order valence-electron chi connectivity index (χ4n) is 4.22. The Bertz CT molecular complexity index is 1350. The van der Waals surface area contributed by atoms with Gasteiger partial charge in [-0.3, -0.25) is 19.2 Å². The van der Waals surface area contributed by atoms with Crippen molar-refractivity contribution in [2.75, 3.05) is 23.7 Å². The van der Waals surface area contributed by atoms with Gasteiger partial charge in [-0.1, -0.05) is 44.0 Å². The average molecular weight is 675 g/mol. The predicted molar refractivity (Wildman–Crippen MR) is 148 cm³/mol. The Morgan fingerprint density at radius 1 is 1.03 bits per heavy atom. The normalized spacial score (nSPS) is 14.9. The maximum absolute atomic E-state index is 14.9. The molecule has 1 unspecified atom stereocenters. The third kappa shape index (κ3) is 6.67. The molecule has 2 N–H and O–H groups in total. The van der Waals surface area contributed by atoms with Crippen LogP contribution in [0.15, 0.2) is 54.6 Å². The van der Waals surface area contributed by atoms with Gasteiger partial charge >= 0.3 is 13.4 Å². The molecule has 0 heterocycles. The number of alkyl halides is 2. The van der Waals surface area contributed by atoms with Crippen molar-refractivity contribution in [3.8, 4) is 22.6 Å². The summed E-state index contributed by atoms with van der Waals surface area (Å²) in [6.45, 7) is 0.806. The van der Waals surface area contributed by atoms with Crippen molar-refractivity contribution >= 4 is 45.2 Å². The number of hydrogen-bond donors (Lipinski definition) is 2. The van der Waals surface area contributed by atoms with E-state index in [2.05, 4.69) is 42.0 Å². The zero-order chi connectivity index (χ0) is 27.3. The zero-order valence-electron chi connectivity index (χ0n) is 20.0. The Labute approximate surface area is 235 Å². The summed E-state index contributed by atoms with van der Waals surface area (Å²) in [5.41, 5.74) is 1.61. The molecule has 8 nitrogen and oxygen atoms in total. The van der Waals surface area contributed by atoms with E-state index in [-0.39, 0.29) is 22.7 Å². The van der Waals surface area contributed by atoms with E-state index in [0.717, 1.165) is 6.07 Å². The topological polar surface area (TPSA) is 103 Å². The summed E-state index contributed by atoms with van der Waals surface area (Å²) >= 11 is 6.60. The van der Waals surface area contributed by atoms with Crippen molar-refractivity contribution in [3.05, 3.63) is 87.5 Å². The summed E-state index contributed by atoms with van der Waals surface area (Å²) < 4.78 is 53.5. The molecule has 0 saturated heterocycles. The molecule has 0 radical (unpaired) electrons. The molecule has 0 bridgehead atoms. The highest BCUT2D eigenvalue weighted by Crippen LogP contribution is 2.51. The molecular formula is C25H24Br2F2N3O5P. The Balaban J connectivity index is 1.63. The lowest BCUT2D eigenvalue weighted by molar-refractivity contribution is -0.385. The Morgan fingerprint density at radius 3 is 2.32 bits per heavy atom. The molecule has 0 aromatic heterocycles. The monoisotopic (exact) mass is 673 g/mol. The van der Waals surface area contributed by atoms with E-state index in [9.17, 15) is 23.5 Å². The van der Waals surface area contributed by atoms with Crippen LogP contribution in [0.2, 0.25) is 0 Å². The van der Waals surface area contributed by atoms with Crippen molar-refractivity contribution < 1.29 is 27.5 Å². The van der Waals surface area contributed by atoms with E-state index in [1.807, 2.05) is 0 Å². The second kappa shape index (κ2) is 12.8. The van der Waals surface area contributed by atoms with E-state index in [0.29, 0.717) is 53.3 Å². The fourth-order valence-corrected chi connectivity index (χ4v) is 6.88. The van der Waals surface area contributed by atoms with E-state index >= 15 is 0 Å². The fraction of sp³-hybridized carbons (Fsp3) is 0.280. The molecule has 1 aliphatic carbocycles. The summed E-state index contributed by atoms with van der Waals surface area (Å²) in [4.78, 5) is 11.2. The van der Waals surface area contributed by atoms with Crippen LogP contribution in [0.3, 0.4) is 0 Å². The number of ether oxygens (including phenoxy) is 1.